The number of amides is 1. The van der Waals surface area contributed by atoms with Crippen molar-refractivity contribution in [3.05, 3.63) is 76.0 Å². The van der Waals surface area contributed by atoms with E-state index in [2.05, 4.69) is 15.4 Å². The summed E-state index contributed by atoms with van der Waals surface area (Å²) in [6.07, 6.45) is 1.68. The Morgan fingerprint density at radius 3 is 2.60 bits per heavy atom. The molecule has 2 aromatic carbocycles. The van der Waals surface area contributed by atoms with Gasteiger partial charge in [0.1, 0.15) is 5.69 Å². The normalized spacial score (nSPS) is 15.3. The fraction of sp³-hybridized carbons (Fsp3) is 0.304. The summed E-state index contributed by atoms with van der Waals surface area (Å²) >= 11 is 12.2. The molecule has 0 spiro atoms. The van der Waals surface area contributed by atoms with E-state index >= 15 is 0 Å². The lowest BCUT2D eigenvalue weighted by atomic mass is 9.95. The zero-order valence-corrected chi connectivity index (χ0v) is 18.0. The van der Waals surface area contributed by atoms with Gasteiger partial charge in [-0.3, -0.25) is 9.69 Å². The van der Waals surface area contributed by atoms with Gasteiger partial charge in [0.2, 0.25) is 5.91 Å². The summed E-state index contributed by atoms with van der Waals surface area (Å²) in [5.41, 5.74) is 2.61. The van der Waals surface area contributed by atoms with Crippen molar-refractivity contribution in [3.63, 3.8) is 0 Å². The third kappa shape index (κ3) is 5.22. The van der Waals surface area contributed by atoms with Crippen molar-refractivity contribution in [1.29, 1.82) is 0 Å². The molecule has 0 aliphatic carbocycles. The van der Waals surface area contributed by atoms with Gasteiger partial charge >= 0.3 is 0 Å². The highest BCUT2D eigenvalue weighted by molar-refractivity contribution is 6.36. The maximum absolute atomic E-state index is 12.5. The van der Waals surface area contributed by atoms with Gasteiger partial charge in [0.25, 0.3) is 0 Å². The Balaban J connectivity index is 1.27. The van der Waals surface area contributed by atoms with Crippen molar-refractivity contribution in [2.24, 2.45) is 5.92 Å². The second-order valence-electron chi connectivity index (χ2n) is 7.56. The number of nitrogens with zero attached hydrogens (tertiary/aromatic N) is 2. The summed E-state index contributed by atoms with van der Waals surface area (Å²) < 4.78 is 5.51. The maximum Gasteiger partial charge on any atom is 0.223 e. The lowest BCUT2D eigenvalue weighted by Gasteiger charge is -2.30. The van der Waals surface area contributed by atoms with Crippen LogP contribution in [0.25, 0.3) is 11.3 Å². The summed E-state index contributed by atoms with van der Waals surface area (Å²) in [4.78, 5) is 14.8. The molecule has 0 saturated carbocycles. The fourth-order valence-electron chi connectivity index (χ4n) is 3.71. The van der Waals surface area contributed by atoms with Gasteiger partial charge < -0.3 is 9.84 Å². The Hall–Kier alpha value is -2.34. The van der Waals surface area contributed by atoms with Crippen molar-refractivity contribution in [3.8, 4) is 11.3 Å². The molecule has 5 nitrogen and oxygen atoms in total. The molecule has 1 amide bonds. The second kappa shape index (κ2) is 9.65. The molecule has 7 heteroatoms. The number of carbonyl (C=O) groups excluding carboxylic acids is 1. The standard InChI is InChI=1S/C23H23Cl2N3O2/c24-18-6-7-20(21(25)12-18)22-13-19(30-27-22)15-28-10-8-17(9-11-28)23(29)26-14-16-4-2-1-3-5-16/h1-7,12-13,17H,8-11,14-15H2,(H,26,29). The first-order chi connectivity index (χ1) is 14.6. The highest BCUT2D eigenvalue weighted by Gasteiger charge is 2.25. The molecule has 3 aromatic rings. The van der Waals surface area contributed by atoms with E-state index < -0.39 is 0 Å². The zero-order chi connectivity index (χ0) is 20.9. The first-order valence-electron chi connectivity index (χ1n) is 10.0. The predicted octanol–water partition coefficient (Wildman–Crippen LogP) is 5.18. The molecule has 1 saturated heterocycles. The van der Waals surface area contributed by atoms with Crippen LogP contribution in [0.2, 0.25) is 10.0 Å². The van der Waals surface area contributed by atoms with Crippen LogP contribution in [0.15, 0.2) is 59.1 Å². The highest BCUT2D eigenvalue weighted by atomic mass is 35.5. The van der Waals surface area contributed by atoms with Crippen molar-refractivity contribution in [2.45, 2.75) is 25.9 Å². The lowest BCUT2D eigenvalue weighted by molar-refractivity contribution is -0.126. The molecule has 0 bridgehead atoms. The maximum atomic E-state index is 12.5. The number of rotatable bonds is 6. The number of likely N-dealkylation sites (tertiary alicyclic amines) is 1. The van der Waals surface area contributed by atoms with E-state index in [-0.39, 0.29) is 11.8 Å². The number of aromatic nitrogens is 1. The van der Waals surface area contributed by atoms with Gasteiger partial charge in [0, 0.05) is 29.1 Å². The van der Waals surface area contributed by atoms with Crippen LogP contribution in [0.1, 0.15) is 24.2 Å². The third-order valence-corrected chi connectivity index (χ3v) is 5.96. The van der Waals surface area contributed by atoms with Gasteiger partial charge in [-0.05, 0) is 49.7 Å². The monoisotopic (exact) mass is 443 g/mol. The predicted molar refractivity (Wildman–Crippen MR) is 118 cm³/mol. The van der Waals surface area contributed by atoms with E-state index in [0.29, 0.717) is 28.8 Å². The molecule has 4 rings (SSSR count). The summed E-state index contributed by atoms with van der Waals surface area (Å²) in [6, 6.07) is 17.2. The van der Waals surface area contributed by atoms with Gasteiger partial charge in [0.05, 0.1) is 11.6 Å². The number of benzene rings is 2. The van der Waals surface area contributed by atoms with Crippen molar-refractivity contribution >= 4 is 29.1 Å². The molecule has 30 heavy (non-hydrogen) atoms. The molecule has 1 fully saturated rings. The van der Waals surface area contributed by atoms with Gasteiger partial charge in [-0.1, -0.05) is 58.7 Å². The topological polar surface area (TPSA) is 58.4 Å². The van der Waals surface area contributed by atoms with Crippen LogP contribution >= 0.6 is 23.2 Å². The number of nitrogens with one attached hydrogen (secondary N) is 1. The number of carbonyl (C=O) groups is 1. The van der Waals surface area contributed by atoms with Crippen LogP contribution in [-0.4, -0.2) is 29.1 Å². The summed E-state index contributed by atoms with van der Waals surface area (Å²) in [7, 11) is 0. The van der Waals surface area contributed by atoms with Crippen molar-refractivity contribution in [1.82, 2.24) is 15.4 Å². The molecule has 1 aliphatic rings. The zero-order valence-electron chi connectivity index (χ0n) is 16.5. The Morgan fingerprint density at radius 2 is 1.87 bits per heavy atom. The molecule has 0 atom stereocenters. The Labute approximate surface area is 186 Å². The van der Waals surface area contributed by atoms with Crippen LogP contribution in [0.5, 0.6) is 0 Å². The molecule has 0 radical (unpaired) electrons. The molecular formula is C23H23Cl2N3O2. The first kappa shape index (κ1) is 20.9. The van der Waals surface area contributed by atoms with E-state index in [9.17, 15) is 4.79 Å². The third-order valence-electron chi connectivity index (χ3n) is 5.41. The molecule has 1 N–H and O–H groups in total. The highest BCUT2D eigenvalue weighted by Crippen LogP contribution is 2.30. The number of hydrogen-bond donors (Lipinski definition) is 1. The smallest absolute Gasteiger partial charge is 0.223 e. The average Bonchev–Trinajstić information content (AvgIpc) is 3.21. The van der Waals surface area contributed by atoms with Crippen LogP contribution in [0, 0.1) is 5.92 Å². The van der Waals surface area contributed by atoms with Crippen molar-refractivity contribution < 1.29 is 9.32 Å². The minimum atomic E-state index is 0.0584. The summed E-state index contributed by atoms with van der Waals surface area (Å²) in [5.74, 6) is 0.976. The van der Waals surface area contributed by atoms with Crippen LogP contribution in [0.3, 0.4) is 0 Å². The largest absolute Gasteiger partial charge is 0.359 e. The Morgan fingerprint density at radius 1 is 1.10 bits per heavy atom. The first-order valence-corrected chi connectivity index (χ1v) is 10.8. The van der Waals surface area contributed by atoms with E-state index in [4.69, 9.17) is 27.7 Å². The fourth-order valence-corrected chi connectivity index (χ4v) is 4.22. The molecule has 156 valence electrons. The average molecular weight is 444 g/mol. The van der Waals surface area contributed by atoms with Gasteiger partial charge in [-0.2, -0.15) is 0 Å². The molecule has 0 unspecified atom stereocenters. The van der Waals surface area contributed by atoms with E-state index in [0.717, 1.165) is 42.8 Å². The van der Waals surface area contributed by atoms with Crippen LogP contribution < -0.4 is 5.32 Å². The van der Waals surface area contributed by atoms with Crippen molar-refractivity contribution in [2.75, 3.05) is 13.1 Å². The van der Waals surface area contributed by atoms with E-state index in [1.165, 1.54) is 0 Å². The number of hydrogen-bond acceptors (Lipinski definition) is 4. The quantitative estimate of drug-likeness (QED) is 0.570. The molecular weight excluding hydrogens is 421 g/mol. The van der Waals surface area contributed by atoms with Gasteiger partial charge in [-0.15, -0.1) is 0 Å². The second-order valence-corrected chi connectivity index (χ2v) is 8.40. The van der Waals surface area contributed by atoms with Crippen LogP contribution in [-0.2, 0) is 17.9 Å². The molecule has 1 aliphatic heterocycles. The van der Waals surface area contributed by atoms with Crippen LogP contribution in [0.4, 0.5) is 0 Å². The van der Waals surface area contributed by atoms with Gasteiger partial charge in [0.15, 0.2) is 5.76 Å². The summed E-state index contributed by atoms with van der Waals surface area (Å²) in [5, 5.41) is 8.33. The van der Waals surface area contributed by atoms with E-state index in [1.54, 1.807) is 12.1 Å². The number of halogens is 2. The minimum absolute atomic E-state index is 0.0584. The number of piperidine rings is 1. The SMILES string of the molecule is O=C(NCc1ccccc1)C1CCN(Cc2cc(-c3ccc(Cl)cc3Cl)no2)CC1. The Bertz CT molecular complexity index is 999. The molecule has 1 aromatic heterocycles. The van der Waals surface area contributed by atoms with E-state index in [1.807, 2.05) is 42.5 Å². The summed E-state index contributed by atoms with van der Waals surface area (Å²) in [6.45, 7) is 2.94. The molecule has 2 heterocycles. The minimum Gasteiger partial charge on any atom is -0.359 e. The lowest BCUT2D eigenvalue weighted by Crippen LogP contribution is -2.40. The van der Waals surface area contributed by atoms with Gasteiger partial charge in [-0.25, -0.2) is 0 Å². The Kier molecular flexibility index (Phi) is 6.72.